The van der Waals surface area contributed by atoms with Crippen LogP contribution in [0, 0.1) is 0 Å². The van der Waals surface area contributed by atoms with Crippen LogP contribution in [0.25, 0.3) is 0 Å². The molecule has 0 atom stereocenters. The number of nitrogens with two attached hydrogens (primary N) is 1. The topological polar surface area (TPSA) is 26.0 Å². The molecule has 1 nitrogen and oxygen atoms in total. The highest BCUT2D eigenvalue weighted by Crippen LogP contribution is 2.33. The molecule has 1 rings (SSSR count). The summed E-state index contributed by atoms with van der Waals surface area (Å²) in [6.45, 7) is 0.365. The van der Waals surface area contributed by atoms with Crippen molar-refractivity contribution in [1.29, 1.82) is 0 Å². The Morgan fingerprint density at radius 1 is 1.27 bits per heavy atom. The zero-order chi connectivity index (χ0) is 11.5. The number of hydrogen-bond donors (Lipinski definition) is 1. The Balaban J connectivity index is 3.03. The van der Waals surface area contributed by atoms with Crippen LogP contribution in [0.3, 0.4) is 0 Å². The molecule has 5 heteroatoms. The number of halogens is 4. The van der Waals surface area contributed by atoms with Gasteiger partial charge in [0.25, 0.3) is 0 Å². The molecule has 0 saturated carbocycles. The Kier molecular flexibility index (Phi) is 3.99. The molecule has 0 aromatic heterocycles. The van der Waals surface area contributed by atoms with Crippen LogP contribution in [-0.4, -0.2) is 6.54 Å². The Bertz CT molecular complexity index is 336. The third kappa shape index (κ3) is 3.39. The average molecular weight is 238 g/mol. The minimum absolute atomic E-state index is 0.209. The van der Waals surface area contributed by atoms with Gasteiger partial charge < -0.3 is 5.73 Å². The first-order valence-electron chi connectivity index (χ1n) is 4.51. The van der Waals surface area contributed by atoms with Gasteiger partial charge in [-0.2, -0.15) is 13.2 Å². The van der Waals surface area contributed by atoms with Gasteiger partial charge in [0.05, 0.1) is 5.56 Å². The first-order chi connectivity index (χ1) is 6.95. The van der Waals surface area contributed by atoms with Crippen molar-refractivity contribution in [2.45, 2.75) is 19.0 Å². The van der Waals surface area contributed by atoms with Crippen LogP contribution in [0.15, 0.2) is 18.2 Å². The van der Waals surface area contributed by atoms with E-state index in [1.165, 1.54) is 12.1 Å². The van der Waals surface area contributed by atoms with Gasteiger partial charge in [0.1, 0.15) is 0 Å². The zero-order valence-corrected chi connectivity index (χ0v) is 8.70. The van der Waals surface area contributed by atoms with E-state index < -0.39 is 11.7 Å². The first-order valence-corrected chi connectivity index (χ1v) is 4.88. The molecule has 0 aliphatic rings. The molecule has 0 radical (unpaired) electrons. The van der Waals surface area contributed by atoms with Crippen molar-refractivity contribution in [2.24, 2.45) is 5.73 Å². The van der Waals surface area contributed by atoms with Gasteiger partial charge in [0.15, 0.2) is 0 Å². The van der Waals surface area contributed by atoms with Gasteiger partial charge in [0.2, 0.25) is 0 Å². The summed E-state index contributed by atoms with van der Waals surface area (Å²) in [5.41, 5.74) is 4.84. The van der Waals surface area contributed by atoms with E-state index >= 15 is 0 Å². The van der Waals surface area contributed by atoms with Gasteiger partial charge in [-0.3, -0.25) is 0 Å². The normalized spacial score (nSPS) is 11.8. The largest absolute Gasteiger partial charge is 0.416 e. The van der Waals surface area contributed by atoms with Crippen LogP contribution in [0.2, 0.25) is 5.02 Å². The molecule has 1 aromatic rings. The highest BCUT2D eigenvalue weighted by Gasteiger charge is 2.32. The van der Waals surface area contributed by atoms with E-state index in [4.69, 9.17) is 17.3 Å². The standard InChI is InChI=1S/C10H11ClF3N/c11-8-3-4-9(10(12,13)14)7(6-8)2-1-5-15/h3-4,6H,1-2,5,15H2. The second kappa shape index (κ2) is 4.86. The number of hydrogen-bond acceptors (Lipinski definition) is 1. The van der Waals surface area contributed by atoms with Crippen molar-refractivity contribution in [1.82, 2.24) is 0 Å². The van der Waals surface area contributed by atoms with E-state index in [9.17, 15) is 13.2 Å². The van der Waals surface area contributed by atoms with Crippen molar-refractivity contribution in [3.8, 4) is 0 Å². The lowest BCUT2D eigenvalue weighted by Gasteiger charge is -2.12. The van der Waals surface area contributed by atoms with E-state index in [1.54, 1.807) is 0 Å². The lowest BCUT2D eigenvalue weighted by atomic mass is 10.0. The maximum atomic E-state index is 12.5. The highest BCUT2D eigenvalue weighted by molar-refractivity contribution is 6.30. The molecule has 15 heavy (non-hydrogen) atoms. The zero-order valence-electron chi connectivity index (χ0n) is 7.94. The molecular weight excluding hydrogens is 227 g/mol. The molecule has 0 fully saturated rings. The molecule has 0 spiro atoms. The van der Waals surface area contributed by atoms with E-state index in [2.05, 4.69) is 0 Å². The van der Waals surface area contributed by atoms with Crippen molar-refractivity contribution < 1.29 is 13.2 Å². The second-order valence-electron chi connectivity index (χ2n) is 3.19. The molecule has 0 bridgehead atoms. The summed E-state index contributed by atoms with van der Waals surface area (Å²) >= 11 is 5.65. The Morgan fingerprint density at radius 3 is 2.47 bits per heavy atom. The van der Waals surface area contributed by atoms with Crippen LogP contribution in [-0.2, 0) is 12.6 Å². The lowest BCUT2D eigenvalue weighted by Crippen LogP contribution is -2.10. The van der Waals surface area contributed by atoms with Crippen molar-refractivity contribution in [3.05, 3.63) is 34.3 Å². The summed E-state index contributed by atoms with van der Waals surface area (Å²) < 4.78 is 37.6. The number of aryl methyl sites for hydroxylation is 1. The van der Waals surface area contributed by atoms with Crippen LogP contribution >= 0.6 is 11.6 Å². The fourth-order valence-corrected chi connectivity index (χ4v) is 1.53. The van der Waals surface area contributed by atoms with Crippen LogP contribution in [0.4, 0.5) is 13.2 Å². The summed E-state index contributed by atoms with van der Waals surface area (Å²) in [5.74, 6) is 0. The van der Waals surface area contributed by atoms with Gasteiger partial charge >= 0.3 is 6.18 Å². The van der Waals surface area contributed by atoms with E-state index in [-0.39, 0.29) is 5.56 Å². The Morgan fingerprint density at radius 2 is 1.93 bits per heavy atom. The predicted molar refractivity (Wildman–Crippen MR) is 53.8 cm³/mol. The third-order valence-corrected chi connectivity index (χ3v) is 2.26. The average Bonchev–Trinajstić information content (AvgIpc) is 2.12. The predicted octanol–water partition coefficient (Wildman–Crippen LogP) is 3.25. The fraction of sp³-hybridized carbons (Fsp3) is 0.400. The van der Waals surface area contributed by atoms with E-state index in [0.29, 0.717) is 24.4 Å². The second-order valence-corrected chi connectivity index (χ2v) is 3.63. The van der Waals surface area contributed by atoms with Crippen LogP contribution in [0.5, 0.6) is 0 Å². The van der Waals surface area contributed by atoms with Gasteiger partial charge in [-0.15, -0.1) is 0 Å². The third-order valence-electron chi connectivity index (χ3n) is 2.02. The minimum atomic E-state index is -4.32. The quantitative estimate of drug-likeness (QED) is 0.858. The maximum Gasteiger partial charge on any atom is 0.416 e. The SMILES string of the molecule is NCCCc1cc(Cl)ccc1C(F)(F)F. The number of alkyl halides is 3. The van der Waals surface area contributed by atoms with Gasteiger partial charge in [-0.05, 0) is 43.1 Å². The highest BCUT2D eigenvalue weighted by atomic mass is 35.5. The summed E-state index contributed by atoms with van der Waals surface area (Å²) in [4.78, 5) is 0. The lowest BCUT2D eigenvalue weighted by molar-refractivity contribution is -0.138. The molecule has 84 valence electrons. The monoisotopic (exact) mass is 237 g/mol. The minimum Gasteiger partial charge on any atom is -0.330 e. The molecule has 0 aliphatic heterocycles. The van der Waals surface area contributed by atoms with E-state index in [1.807, 2.05) is 0 Å². The Hall–Kier alpha value is -0.740. The number of rotatable bonds is 3. The fourth-order valence-electron chi connectivity index (χ4n) is 1.34. The van der Waals surface area contributed by atoms with Crippen molar-refractivity contribution in [3.63, 3.8) is 0 Å². The Labute approximate surface area is 91.0 Å². The summed E-state index contributed by atoms with van der Waals surface area (Å²) in [7, 11) is 0. The molecule has 0 heterocycles. The molecule has 0 aliphatic carbocycles. The molecule has 0 amide bonds. The summed E-state index contributed by atoms with van der Waals surface area (Å²) in [6, 6.07) is 3.60. The van der Waals surface area contributed by atoms with Crippen molar-refractivity contribution in [2.75, 3.05) is 6.54 Å². The van der Waals surface area contributed by atoms with Gasteiger partial charge in [-0.1, -0.05) is 11.6 Å². The van der Waals surface area contributed by atoms with Gasteiger partial charge in [0, 0.05) is 5.02 Å². The van der Waals surface area contributed by atoms with E-state index in [0.717, 1.165) is 6.07 Å². The molecule has 0 saturated heterocycles. The van der Waals surface area contributed by atoms with Gasteiger partial charge in [-0.25, -0.2) is 0 Å². The van der Waals surface area contributed by atoms with Crippen LogP contribution in [0.1, 0.15) is 17.5 Å². The molecule has 0 unspecified atom stereocenters. The first kappa shape index (κ1) is 12.3. The smallest absolute Gasteiger partial charge is 0.330 e. The molecular formula is C10H11ClF3N. The maximum absolute atomic E-state index is 12.5. The molecule has 2 N–H and O–H groups in total. The summed E-state index contributed by atoms with van der Waals surface area (Å²) in [6.07, 6.45) is -3.51. The summed E-state index contributed by atoms with van der Waals surface area (Å²) in [5, 5.41) is 0.315. The number of benzene rings is 1. The van der Waals surface area contributed by atoms with Crippen molar-refractivity contribution >= 4 is 11.6 Å². The van der Waals surface area contributed by atoms with Crippen LogP contribution < -0.4 is 5.73 Å². The molecule has 1 aromatic carbocycles.